The molecule has 0 saturated carbocycles. The lowest BCUT2D eigenvalue weighted by molar-refractivity contribution is -0.0611. The van der Waals surface area contributed by atoms with E-state index in [0.717, 1.165) is 25.8 Å². The van der Waals surface area contributed by atoms with Gasteiger partial charge in [0.25, 0.3) is 0 Å². The van der Waals surface area contributed by atoms with Crippen LogP contribution in [0, 0.1) is 0 Å². The van der Waals surface area contributed by atoms with Gasteiger partial charge in [0.2, 0.25) is 0 Å². The SMILES string of the molecule is CCCCCCCCC1(O)CC2CCC(C1)N2Cc1ccccc1. The summed E-state index contributed by atoms with van der Waals surface area (Å²) in [4.78, 5) is 2.67. The summed E-state index contributed by atoms with van der Waals surface area (Å²) in [5, 5.41) is 11.1. The van der Waals surface area contributed by atoms with Gasteiger partial charge in [-0.15, -0.1) is 0 Å². The molecule has 0 amide bonds. The van der Waals surface area contributed by atoms with E-state index in [1.54, 1.807) is 0 Å². The van der Waals surface area contributed by atoms with Crippen LogP contribution >= 0.6 is 0 Å². The zero-order valence-corrected chi connectivity index (χ0v) is 15.4. The molecule has 2 fully saturated rings. The van der Waals surface area contributed by atoms with Gasteiger partial charge in [-0.1, -0.05) is 75.8 Å². The van der Waals surface area contributed by atoms with Crippen molar-refractivity contribution in [3.8, 4) is 0 Å². The summed E-state index contributed by atoms with van der Waals surface area (Å²) in [6.45, 7) is 3.32. The number of unbranched alkanes of at least 4 members (excludes halogenated alkanes) is 5. The highest BCUT2D eigenvalue weighted by atomic mass is 16.3. The van der Waals surface area contributed by atoms with Crippen molar-refractivity contribution in [1.29, 1.82) is 0 Å². The standard InChI is InChI=1S/C22H35NO/c1-2-3-4-5-6-10-15-22(24)16-20-13-14-21(17-22)23(20)18-19-11-8-7-9-12-19/h7-9,11-12,20-21,24H,2-6,10,13-18H2,1H3. The third kappa shape index (κ3) is 4.61. The summed E-state index contributed by atoms with van der Waals surface area (Å²) < 4.78 is 0. The van der Waals surface area contributed by atoms with Crippen LogP contribution < -0.4 is 0 Å². The van der Waals surface area contributed by atoms with Crippen LogP contribution in [0.4, 0.5) is 0 Å². The molecule has 2 aliphatic rings. The molecule has 134 valence electrons. The second-order valence-electron chi connectivity index (χ2n) is 8.19. The molecule has 1 aromatic rings. The summed E-state index contributed by atoms with van der Waals surface area (Å²) in [7, 11) is 0. The van der Waals surface area contributed by atoms with E-state index in [-0.39, 0.29) is 5.60 Å². The fourth-order valence-electron chi connectivity index (χ4n) is 4.90. The van der Waals surface area contributed by atoms with Crippen LogP contribution in [0.15, 0.2) is 30.3 Å². The molecule has 2 atom stereocenters. The molecule has 2 heteroatoms. The van der Waals surface area contributed by atoms with Gasteiger partial charge >= 0.3 is 0 Å². The molecule has 0 aromatic heterocycles. The third-order valence-electron chi connectivity index (χ3n) is 6.21. The molecular formula is C22H35NO. The Kier molecular flexibility index (Phi) is 6.35. The third-order valence-corrected chi connectivity index (χ3v) is 6.21. The maximum atomic E-state index is 11.1. The van der Waals surface area contributed by atoms with Gasteiger partial charge in [-0.05, 0) is 37.7 Å². The van der Waals surface area contributed by atoms with E-state index >= 15 is 0 Å². The van der Waals surface area contributed by atoms with Gasteiger partial charge in [-0.25, -0.2) is 0 Å². The lowest BCUT2D eigenvalue weighted by atomic mass is 9.82. The van der Waals surface area contributed by atoms with Gasteiger partial charge in [0.05, 0.1) is 5.60 Å². The number of aliphatic hydroxyl groups is 1. The van der Waals surface area contributed by atoms with Gasteiger partial charge in [0.1, 0.15) is 0 Å². The molecule has 2 unspecified atom stereocenters. The Hall–Kier alpha value is -0.860. The number of hydrogen-bond donors (Lipinski definition) is 1. The first-order valence-corrected chi connectivity index (χ1v) is 10.2. The lowest BCUT2D eigenvalue weighted by Gasteiger charge is -2.44. The van der Waals surface area contributed by atoms with E-state index in [2.05, 4.69) is 42.2 Å². The smallest absolute Gasteiger partial charge is 0.0677 e. The zero-order chi connectivity index (χ0) is 16.8. The first-order chi connectivity index (χ1) is 11.7. The minimum Gasteiger partial charge on any atom is -0.390 e. The molecule has 1 N–H and O–H groups in total. The van der Waals surface area contributed by atoms with E-state index in [4.69, 9.17) is 0 Å². The summed E-state index contributed by atoms with van der Waals surface area (Å²) in [6.07, 6.45) is 13.4. The topological polar surface area (TPSA) is 23.5 Å². The number of benzene rings is 1. The van der Waals surface area contributed by atoms with Crippen molar-refractivity contribution in [1.82, 2.24) is 4.90 Å². The van der Waals surface area contributed by atoms with Gasteiger partial charge in [-0.2, -0.15) is 0 Å². The molecule has 2 nitrogen and oxygen atoms in total. The molecule has 0 spiro atoms. The minimum absolute atomic E-state index is 0.385. The van der Waals surface area contributed by atoms with Crippen molar-refractivity contribution in [2.45, 2.75) is 102 Å². The summed E-state index contributed by atoms with van der Waals surface area (Å²) in [6, 6.07) is 12.0. The molecule has 3 rings (SSSR count). The molecule has 0 aliphatic carbocycles. The van der Waals surface area contributed by atoms with Crippen LogP contribution in [-0.4, -0.2) is 27.7 Å². The second kappa shape index (κ2) is 8.49. The average molecular weight is 330 g/mol. The molecule has 1 aromatic carbocycles. The van der Waals surface area contributed by atoms with E-state index in [1.165, 1.54) is 56.9 Å². The van der Waals surface area contributed by atoms with Crippen LogP contribution in [0.1, 0.15) is 83.1 Å². The molecule has 2 saturated heterocycles. The van der Waals surface area contributed by atoms with Crippen LogP contribution in [0.25, 0.3) is 0 Å². The van der Waals surface area contributed by atoms with E-state index in [1.807, 2.05) is 0 Å². The van der Waals surface area contributed by atoms with Crippen LogP contribution in [0.3, 0.4) is 0 Å². The average Bonchev–Trinajstić information content (AvgIpc) is 2.83. The Morgan fingerprint density at radius 1 is 0.958 bits per heavy atom. The van der Waals surface area contributed by atoms with Crippen LogP contribution in [0.2, 0.25) is 0 Å². The Bertz CT molecular complexity index is 472. The Labute approximate surface area is 148 Å². The van der Waals surface area contributed by atoms with Gasteiger partial charge in [0, 0.05) is 18.6 Å². The van der Waals surface area contributed by atoms with E-state index < -0.39 is 0 Å². The van der Waals surface area contributed by atoms with Crippen molar-refractivity contribution in [3.63, 3.8) is 0 Å². The Balaban J connectivity index is 1.47. The highest BCUT2D eigenvalue weighted by molar-refractivity contribution is 5.16. The maximum absolute atomic E-state index is 11.1. The van der Waals surface area contributed by atoms with Gasteiger partial charge < -0.3 is 5.11 Å². The number of nitrogens with zero attached hydrogens (tertiary/aromatic N) is 1. The van der Waals surface area contributed by atoms with Crippen molar-refractivity contribution >= 4 is 0 Å². The van der Waals surface area contributed by atoms with Crippen molar-refractivity contribution < 1.29 is 5.11 Å². The van der Waals surface area contributed by atoms with E-state index in [9.17, 15) is 5.11 Å². The summed E-state index contributed by atoms with van der Waals surface area (Å²) >= 11 is 0. The predicted octanol–water partition coefficient (Wildman–Crippen LogP) is 5.30. The second-order valence-corrected chi connectivity index (χ2v) is 8.19. The molecule has 24 heavy (non-hydrogen) atoms. The molecule has 2 aliphatic heterocycles. The first-order valence-electron chi connectivity index (χ1n) is 10.2. The quantitative estimate of drug-likeness (QED) is 0.622. The fourth-order valence-corrected chi connectivity index (χ4v) is 4.90. The van der Waals surface area contributed by atoms with Crippen molar-refractivity contribution in [2.24, 2.45) is 0 Å². The Morgan fingerprint density at radius 2 is 1.58 bits per heavy atom. The van der Waals surface area contributed by atoms with E-state index in [0.29, 0.717) is 12.1 Å². The van der Waals surface area contributed by atoms with Crippen molar-refractivity contribution in [3.05, 3.63) is 35.9 Å². The monoisotopic (exact) mass is 329 g/mol. The Morgan fingerprint density at radius 3 is 2.25 bits per heavy atom. The summed E-state index contributed by atoms with van der Waals surface area (Å²) in [5.41, 5.74) is 1.03. The summed E-state index contributed by atoms with van der Waals surface area (Å²) in [5.74, 6) is 0. The minimum atomic E-state index is -0.385. The molecule has 0 radical (unpaired) electrons. The largest absolute Gasteiger partial charge is 0.390 e. The lowest BCUT2D eigenvalue weighted by Crippen LogP contribution is -2.50. The number of piperidine rings is 1. The van der Waals surface area contributed by atoms with Crippen LogP contribution in [0.5, 0.6) is 0 Å². The number of fused-ring (bicyclic) bond motifs is 2. The van der Waals surface area contributed by atoms with Crippen LogP contribution in [-0.2, 0) is 6.54 Å². The zero-order valence-electron chi connectivity index (χ0n) is 15.4. The number of hydrogen-bond acceptors (Lipinski definition) is 2. The highest BCUT2D eigenvalue weighted by Gasteiger charge is 2.46. The molecule has 2 heterocycles. The molecular weight excluding hydrogens is 294 g/mol. The maximum Gasteiger partial charge on any atom is 0.0677 e. The first kappa shape index (κ1) is 17.9. The van der Waals surface area contributed by atoms with Crippen molar-refractivity contribution in [2.75, 3.05) is 0 Å². The normalized spacial score (nSPS) is 29.9. The van der Waals surface area contributed by atoms with Gasteiger partial charge in [0.15, 0.2) is 0 Å². The fraction of sp³-hybridized carbons (Fsp3) is 0.727. The predicted molar refractivity (Wildman–Crippen MR) is 101 cm³/mol. The number of rotatable bonds is 9. The highest BCUT2D eigenvalue weighted by Crippen LogP contribution is 2.43. The molecule has 2 bridgehead atoms. The van der Waals surface area contributed by atoms with Gasteiger partial charge in [-0.3, -0.25) is 4.90 Å².